The third-order valence-corrected chi connectivity index (χ3v) is 3.54. The predicted octanol–water partition coefficient (Wildman–Crippen LogP) is 0.328. The van der Waals surface area contributed by atoms with Gasteiger partial charge in [0.2, 0.25) is 11.8 Å². The maximum atomic E-state index is 5.56. The summed E-state index contributed by atoms with van der Waals surface area (Å²) in [6.45, 7) is 5.51. The summed E-state index contributed by atoms with van der Waals surface area (Å²) in [5.41, 5.74) is 5.56. The van der Waals surface area contributed by atoms with Crippen LogP contribution in [-0.2, 0) is 0 Å². The molecule has 18 heavy (non-hydrogen) atoms. The van der Waals surface area contributed by atoms with E-state index in [1.807, 2.05) is 0 Å². The minimum atomic E-state index is 0.574. The van der Waals surface area contributed by atoms with E-state index in [1.54, 1.807) is 13.3 Å². The summed E-state index contributed by atoms with van der Waals surface area (Å²) in [6.07, 6.45) is 1.73. The molecule has 0 amide bonds. The molecule has 0 radical (unpaired) electrons. The quantitative estimate of drug-likeness (QED) is 0.863. The Morgan fingerprint density at radius 1 is 1.39 bits per heavy atom. The summed E-state index contributed by atoms with van der Waals surface area (Å²) < 4.78 is 5.96. The van der Waals surface area contributed by atoms with Crippen molar-refractivity contribution in [2.24, 2.45) is 5.73 Å². The van der Waals surface area contributed by atoms with Gasteiger partial charge in [0.25, 0.3) is 0 Å². The SMILES string of the molecule is COc1nc(N2CCN(CCN)CC2)ncc1Br. The van der Waals surface area contributed by atoms with Gasteiger partial charge in [0.15, 0.2) is 0 Å². The van der Waals surface area contributed by atoms with Gasteiger partial charge in [0.05, 0.1) is 17.8 Å². The minimum Gasteiger partial charge on any atom is -0.480 e. The molecule has 2 rings (SSSR count). The molecule has 100 valence electrons. The summed E-state index contributed by atoms with van der Waals surface area (Å²) in [6, 6.07) is 0. The fourth-order valence-corrected chi connectivity index (χ4v) is 2.35. The predicted molar refractivity (Wildman–Crippen MR) is 74.0 cm³/mol. The molecule has 1 aromatic heterocycles. The van der Waals surface area contributed by atoms with Crippen LogP contribution < -0.4 is 15.4 Å². The summed E-state index contributed by atoms with van der Waals surface area (Å²) in [5, 5.41) is 0. The lowest BCUT2D eigenvalue weighted by Crippen LogP contribution is -2.48. The highest BCUT2D eigenvalue weighted by atomic mass is 79.9. The number of halogens is 1. The number of aromatic nitrogens is 2. The van der Waals surface area contributed by atoms with E-state index in [1.165, 1.54) is 0 Å². The first-order valence-electron chi connectivity index (χ1n) is 5.98. The monoisotopic (exact) mass is 315 g/mol. The van der Waals surface area contributed by atoms with Crippen LogP contribution in [0.3, 0.4) is 0 Å². The Kier molecular flexibility index (Phi) is 4.73. The van der Waals surface area contributed by atoms with E-state index in [2.05, 4.69) is 35.7 Å². The number of piperazine rings is 1. The van der Waals surface area contributed by atoms with Gasteiger partial charge in [-0.15, -0.1) is 0 Å². The average molecular weight is 316 g/mol. The van der Waals surface area contributed by atoms with E-state index < -0.39 is 0 Å². The summed E-state index contributed by atoms with van der Waals surface area (Å²) in [4.78, 5) is 13.2. The molecule has 2 heterocycles. The Morgan fingerprint density at radius 2 is 2.11 bits per heavy atom. The number of nitrogens with two attached hydrogens (primary N) is 1. The molecule has 1 saturated heterocycles. The van der Waals surface area contributed by atoms with Crippen molar-refractivity contribution in [3.63, 3.8) is 0 Å². The third kappa shape index (κ3) is 3.09. The summed E-state index contributed by atoms with van der Waals surface area (Å²) in [7, 11) is 1.61. The van der Waals surface area contributed by atoms with Crippen LogP contribution >= 0.6 is 15.9 Å². The highest BCUT2D eigenvalue weighted by Gasteiger charge is 2.19. The van der Waals surface area contributed by atoms with E-state index in [4.69, 9.17) is 10.5 Å². The topological polar surface area (TPSA) is 67.5 Å². The molecule has 1 aliphatic heterocycles. The number of hydrogen-bond donors (Lipinski definition) is 1. The maximum absolute atomic E-state index is 5.56. The Bertz CT molecular complexity index is 395. The van der Waals surface area contributed by atoms with E-state index in [-0.39, 0.29) is 0 Å². The molecule has 0 aliphatic carbocycles. The maximum Gasteiger partial charge on any atom is 0.232 e. The Morgan fingerprint density at radius 3 is 2.72 bits per heavy atom. The van der Waals surface area contributed by atoms with Crippen LogP contribution in [0.1, 0.15) is 0 Å². The molecule has 0 saturated carbocycles. The first kappa shape index (κ1) is 13.5. The van der Waals surface area contributed by atoms with Crippen molar-refractivity contribution in [1.29, 1.82) is 0 Å². The van der Waals surface area contributed by atoms with Crippen LogP contribution in [-0.4, -0.2) is 61.2 Å². The Labute approximate surface area is 115 Å². The molecule has 0 unspecified atom stereocenters. The normalized spacial score (nSPS) is 16.9. The molecular formula is C11H18BrN5O. The van der Waals surface area contributed by atoms with Crippen LogP contribution in [0.5, 0.6) is 5.88 Å². The van der Waals surface area contributed by atoms with Gasteiger partial charge in [-0.05, 0) is 15.9 Å². The minimum absolute atomic E-state index is 0.574. The van der Waals surface area contributed by atoms with E-state index >= 15 is 0 Å². The number of ether oxygens (including phenoxy) is 1. The van der Waals surface area contributed by atoms with Crippen LogP contribution in [0.4, 0.5) is 5.95 Å². The lowest BCUT2D eigenvalue weighted by molar-refractivity contribution is 0.263. The van der Waals surface area contributed by atoms with Crippen molar-refractivity contribution in [2.45, 2.75) is 0 Å². The number of nitrogens with zero attached hydrogens (tertiary/aromatic N) is 4. The lowest BCUT2D eigenvalue weighted by Gasteiger charge is -2.34. The fourth-order valence-electron chi connectivity index (χ4n) is 1.99. The largest absolute Gasteiger partial charge is 0.480 e. The number of methoxy groups -OCH3 is 1. The van der Waals surface area contributed by atoms with Crippen molar-refractivity contribution in [1.82, 2.24) is 14.9 Å². The fraction of sp³-hybridized carbons (Fsp3) is 0.636. The Hall–Kier alpha value is -0.920. The zero-order chi connectivity index (χ0) is 13.0. The van der Waals surface area contributed by atoms with Crippen LogP contribution in [0, 0.1) is 0 Å². The summed E-state index contributed by atoms with van der Waals surface area (Å²) >= 11 is 3.35. The van der Waals surface area contributed by atoms with Gasteiger partial charge in [-0.2, -0.15) is 4.98 Å². The molecule has 1 aromatic rings. The summed E-state index contributed by atoms with van der Waals surface area (Å²) in [5.74, 6) is 1.30. The molecular weight excluding hydrogens is 298 g/mol. The second-order valence-corrected chi connectivity index (χ2v) is 5.00. The highest BCUT2D eigenvalue weighted by molar-refractivity contribution is 9.10. The highest BCUT2D eigenvalue weighted by Crippen LogP contribution is 2.23. The third-order valence-electron chi connectivity index (χ3n) is 2.99. The second-order valence-electron chi connectivity index (χ2n) is 4.14. The van der Waals surface area contributed by atoms with Crippen LogP contribution in [0.15, 0.2) is 10.7 Å². The van der Waals surface area contributed by atoms with Gasteiger partial charge >= 0.3 is 0 Å². The van der Waals surface area contributed by atoms with Gasteiger partial charge in [-0.25, -0.2) is 4.98 Å². The molecule has 2 N–H and O–H groups in total. The van der Waals surface area contributed by atoms with Gasteiger partial charge in [-0.3, -0.25) is 4.90 Å². The molecule has 0 bridgehead atoms. The van der Waals surface area contributed by atoms with Crippen molar-refractivity contribution in [3.8, 4) is 5.88 Å². The first-order valence-corrected chi connectivity index (χ1v) is 6.78. The lowest BCUT2D eigenvalue weighted by atomic mass is 10.3. The van der Waals surface area contributed by atoms with Crippen molar-refractivity contribution in [3.05, 3.63) is 10.7 Å². The molecule has 0 aromatic carbocycles. The van der Waals surface area contributed by atoms with Gasteiger partial charge in [0.1, 0.15) is 0 Å². The van der Waals surface area contributed by atoms with Crippen LogP contribution in [0.2, 0.25) is 0 Å². The van der Waals surface area contributed by atoms with Gasteiger partial charge in [-0.1, -0.05) is 0 Å². The first-order chi connectivity index (χ1) is 8.74. The zero-order valence-corrected chi connectivity index (χ0v) is 12.1. The van der Waals surface area contributed by atoms with E-state index in [9.17, 15) is 0 Å². The molecule has 1 fully saturated rings. The van der Waals surface area contributed by atoms with E-state index in [0.29, 0.717) is 12.4 Å². The molecule has 7 heteroatoms. The van der Waals surface area contributed by atoms with Crippen molar-refractivity contribution < 1.29 is 4.74 Å². The van der Waals surface area contributed by atoms with Crippen LogP contribution in [0.25, 0.3) is 0 Å². The molecule has 0 spiro atoms. The van der Waals surface area contributed by atoms with Crippen molar-refractivity contribution in [2.75, 3.05) is 51.3 Å². The molecule has 0 atom stereocenters. The van der Waals surface area contributed by atoms with Gasteiger partial charge < -0.3 is 15.4 Å². The van der Waals surface area contributed by atoms with E-state index in [0.717, 1.165) is 43.1 Å². The second kappa shape index (κ2) is 6.31. The average Bonchev–Trinajstić information content (AvgIpc) is 2.41. The van der Waals surface area contributed by atoms with Crippen molar-refractivity contribution >= 4 is 21.9 Å². The molecule has 1 aliphatic rings. The number of anilines is 1. The smallest absolute Gasteiger partial charge is 0.232 e. The zero-order valence-electron chi connectivity index (χ0n) is 10.5. The van der Waals surface area contributed by atoms with Gasteiger partial charge in [0, 0.05) is 39.3 Å². The number of rotatable bonds is 4. The number of hydrogen-bond acceptors (Lipinski definition) is 6. The molecule has 6 nitrogen and oxygen atoms in total. The standard InChI is InChI=1S/C11H18BrN5O/c1-18-10-9(12)8-14-11(15-10)17-6-4-16(3-2-13)5-7-17/h8H,2-7,13H2,1H3. The Balaban J connectivity index is 2.01.